The fourth-order valence-electron chi connectivity index (χ4n) is 3.44. The standard InChI is InChI=1S/C18H17F17O/c1-2-3-4-6-9-7-5-8-10(9,36)11(19,20)12(21,22)13(23,24)14(25,26)15(27,28)16(29,30)17(31,32)18(33,34)35/h7,36H,2-6,8H2,1H3. The number of allylic oxidation sites excluding steroid dienone is 1. The zero-order chi connectivity index (χ0) is 29.0. The summed E-state index contributed by atoms with van der Waals surface area (Å²) in [5.41, 5.74) is -5.52. The summed E-state index contributed by atoms with van der Waals surface area (Å²) in [6.45, 7) is 1.55. The highest BCUT2D eigenvalue weighted by atomic mass is 19.4. The zero-order valence-corrected chi connectivity index (χ0v) is 17.7. The molecule has 0 fully saturated rings. The van der Waals surface area contributed by atoms with E-state index >= 15 is 0 Å². The van der Waals surface area contributed by atoms with Crippen LogP contribution in [0.4, 0.5) is 74.6 Å². The van der Waals surface area contributed by atoms with Crippen LogP contribution in [0.1, 0.15) is 45.4 Å². The first-order chi connectivity index (χ1) is 15.7. The largest absolute Gasteiger partial charge is 0.460 e. The van der Waals surface area contributed by atoms with E-state index in [1.807, 2.05) is 0 Å². The lowest BCUT2D eigenvalue weighted by Crippen LogP contribution is -2.76. The molecule has 0 radical (unpaired) electrons. The van der Waals surface area contributed by atoms with Gasteiger partial charge in [0.05, 0.1) is 0 Å². The highest BCUT2D eigenvalue weighted by molar-refractivity contribution is 5.31. The van der Waals surface area contributed by atoms with E-state index in [1.165, 1.54) is 0 Å². The molecule has 0 aromatic rings. The van der Waals surface area contributed by atoms with Gasteiger partial charge in [-0.15, -0.1) is 0 Å². The van der Waals surface area contributed by atoms with Crippen molar-refractivity contribution in [2.45, 2.75) is 98.7 Å². The summed E-state index contributed by atoms with van der Waals surface area (Å²) in [5, 5.41) is 10.1. The van der Waals surface area contributed by atoms with Crippen molar-refractivity contribution in [2.24, 2.45) is 0 Å². The molecule has 1 aliphatic carbocycles. The summed E-state index contributed by atoms with van der Waals surface area (Å²) < 4.78 is 229. The van der Waals surface area contributed by atoms with E-state index in [0.717, 1.165) is 0 Å². The van der Waals surface area contributed by atoms with Crippen molar-refractivity contribution in [1.82, 2.24) is 0 Å². The Bertz CT molecular complexity index is 826. The second-order valence-corrected chi connectivity index (χ2v) is 8.10. The molecule has 1 rings (SSSR count). The van der Waals surface area contributed by atoms with Crippen LogP contribution in [-0.4, -0.2) is 58.3 Å². The van der Waals surface area contributed by atoms with Gasteiger partial charge in [0.25, 0.3) is 0 Å². The third-order valence-corrected chi connectivity index (χ3v) is 5.72. The number of aliphatic hydroxyl groups is 1. The van der Waals surface area contributed by atoms with Gasteiger partial charge in [0.1, 0.15) is 0 Å². The first-order valence-corrected chi connectivity index (χ1v) is 9.80. The molecule has 0 heterocycles. The highest BCUT2D eigenvalue weighted by Crippen LogP contribution is 2.65. The molecule has 0 aliphatic heterocycles. The Morgan fingerprint density at radius 3 is 1.42 bits per heavy atom. The molecule has 0 saturated carbocycles. The molecule has 0 aromatic carbocycles. The molecule has 0 aromatic heterocycles. The molecular formula is C18H17F17O. The van der Waals surface area contributed by atoms with Gasteiger partial charge in [-0.1, -0.05) is 25.8 Å². The molecule has 1 unspecified atom stereocenters. The molecule has 1 nitrogen and oxygen atoms in total. The van der Waals surface area contributed by atoms with Crippen LogP contribution in [-0.2, 0) is 0 Å². The van der Waals surface area contributed by atoms with Crippen LogP contribution in [0.5, 0.6) is 0 Å². The van der Waals surface area contributed by atoms with Crippen molar-refractivity contribution in [3.05, 3.63) is 11.6 Å². The van der Waals surface area contributed by atoms with Gasteiger partial charge in [-0.2, -0.15) is 74.6 Å². The maximum atomic E-state index is 14.6. The van der Waals surface area contributed by atoms with Gasteiger partial charge in [0, 0.05) is 0 Å². The minimum atomic E-state index is -8.68. The van der Waals surface area contributed by atoms with Crippen LogP contribution in [0.25, 0.3) is 0 Å². The molecule has 0 bridgehead atoms. The number of halogens is 17. The van der Waals surface area contributed by atoms with E-state index in [2.05, 4.69) is 0 Å². The van der Waals surface area contributed by atoms with Gasteiger partial charge in [-0.3, -0.25) is 0 Å². The molecule has 1 aliphatic rings. The zero-order valence-electron chi connectivity index (χ0n) is 17.7. The Morgan fingerprint density at radius 1 is 0.639 bits per heavy atom. The SMILES string of the molecule is CCCCCC1=CCCC1(O)C(F)(F)C(F)(F)C(F)(F)C(F)(F)C(F)(F)C(F)(F)C(F)(F)C(F)(F)F. The molecule has 1 N–H and O–H groups in total. The summed E-state index contributed by atoms with van der Waals surface area (Å²) in [5.74, 6) is -57.2. The third-order valence-electron chi connectivity index (χ3n) is 5.72. The molecule has 36 heavy (non-hydrogen) atoms. The van der Waals surface area contributed by atoms with Gasteiger partial charge in [0.15, 0.2) is 5.60 Å². The topological polar surface area (TPSA) is 20.2 Å². The van der Waals surface area contributed by atoms with Gasteiger partial charge < -0.3 is 5.11 Å². The van der Waals surface area contributed by atoms with Gasteiger partial charge in [-0.25, -0.2) is 0 Å². The Hall–Kier alpha value is -1.49. The Labute approximate surface area is 191 Å². The maximum absolute atomic E-state index is 14.6. The molecule has 214 valence electrons. The van der Waals surface area contributed by atoms with Crippen LogP contribution < -0.4 is 0 Å². The molecule has 1 atom stereocenters. The van der Waals surface area contributed by atoms with E-state index in [-0.39, 0.29) is 12.8 Å². The fraction of sp³-hybridized carbons (Fsp3) is 0.889. The lowest BCUT2D eigenvalue weighted by molar-refractivity contribution is -0.466. The number of alkyl halides is 17. The Balaban J connectivity index is 3.64. The van der Waals surface area contributed by atoms with Crippen molar-refractivity contribution in [1.29, 1.82) is 0 Å². The minimum Gasteiger partial charge on any atom is -0.379 e. The predicted octanol–water partition coefficient (Wildman–Crippen LogP) is 8.03. The lowest BCUT2D eigenvalue weighted by atomic mass is 9.78. The molecule has 0 amide bonds. The number of hydrogen-bond donors (Lipinski definition) is 1. The van der Waals surface area contributed by atoms with Crippen LogP contribution in [0, 0.1) is 0 Å². The Kier molecular flexibility index (Phi) is 8.19. The van der Waals surface area contributed by atoms with Crippen molar-refractivity contribution >= 4 is 0 Å². The summed E-state index contributed by atoms with van der Waals surface area (Å²) >= 11 is 0. The maximum Gasteiger partial charge on any atom is 0.460 e. The summed E-state index contributed by atoms with van der Waals surface area (Å²) in [4.78, 5) is 0. The van der Waals surface area contributed by atoms with E-state index in [9.17, 15) is 79.7 Å². The second-order valence-electron chi connectivity index (χ2n) is 8.10. The first-order valence-electron chi connectivity index (χ1n) is 9.80. The first kappa shape index (κ1) is 32.5. The van der Waals surface area contributed by atoms with E-state index < -0.39 is 78.1 Å². The van der Waals surface area contributed by atoms with Crippen molar-refractivity contribution in [2.75, 3.05) is 0 Å². The van der Waals surface area contributed by atoms with Gasteiger partial charge >= 0.3 is 47.6 Å². The number of unbranched alkanes of at least 4 members (excludes halogenated alkanes) is 2. The lowest BCUT2D eigenvalue weighted by Gasteiger charge is -2.46. The quantitative estimate of drug-likeness (QED) is 0.151. The van der Waals surface area contributed by atoms with Crippen molar-refractivity contribution in [3.63, 3.8) is 0 Å². The molecule has 18 heteroatoms. The minimum absolute atomic E-state index is 0.143. The molecule has 0 spiro atoms. The normalized spacial score (nSPS) is 21.7. The molecule has 0 saturated heterocycles. The second kappa shape index (κ2) is 9.06. The van der Waals surface area contributed by atoms with Gasteiger partial charge in [0.2, 0.25) is 0 Å². The smallest absolute Gasteiger partial charge is 0.379 e. The highest BCUT2D eigenvalue weighted by Gasteiger charge is 2.96. The van der Waals surface area contributed by atoms with Crippen LogP contribution in [0.3, 0.4) is 0 Å². The fourth-order valence-corrected chi connectivity index (χ4v) is 3.44. The van der Waals surface area contributed by atoms with Crippen LogP contribution in [0.2, 0.25) is 0 Å². The summed E-state index contributed by atoms with van der Waals surface area (Å²) in [6.07, 6.45) is -9.75. The Morgan fingerprint density at radius 2 is 1.03 bits per heavy atom. The van der Waals surface area contributed by atoms with E-state index in [0.29, 0.717) is 12.5 Å². The summed E-state index contributed by atoms with van der Waals surface area (Å²) in [6, 6.07) is 0. The summed E-state index contributed by atoms with van der Waals surface area (Å²) in [7, 11) is 0. The van der Waals surface area contributed by atoms with Crippen molar-refractivity contribution < 1.29 is 79.7 Å². The van der Waals surface area contributed by atoms with Gasteiger partial charge in [-0.05, 0) is 31.3 Å². The van der Waals surface area contributed by atoms with Crippen LogP contribution in [0.15, 0.2) is 11.6 Å². The average molecular weight is 572 g/mol. The number of hydrogen-bond acceptors (Lipinski definition) is 1. The average Bonchev–Trinajstić information content (AvgIpc) is 3.08. The molecular weight excluding hydrogens is 555 g/mol. The van der Waals surface area contributed by atoms with Crippen molar-refractivity contribution in [3.8, 4) is 0 Å². The predicted molar refractivity (Wildman–Crippen MR) is 87.1 cm³/mol. The van der Waals surface area contributed by atoms with E-state index in [1.54, 1.807) is 6.92 Å². The monoisotopic (exact) mass is 572 g/mol. The van der Waals surface area contributed by atoms with E-state index in [4.69, 9.17) is 0 Å². The number of rotatable bonds is 11. The van der Waals surface area contributed by atoms with Crippen LogP contribution >= 0.6 is 0 Å². The third kappa shape index (κ3) is 4.12.